The molecule has 0 N–H and O–H groups in total. The summed E-state index contributed by atoms with van der Waals surface area (Å²) in [6.07, 6.45) is 1.81. The van der Waals surface area contributed by atoms with Crippen LogP contribution >= 0.6 is 0 Å². The van der Waals surface area contributed by atoms with Gasteiger partial charge in [0.2, 0.25) is 0 Å². The van der Waals surface area contributed by atoms with Crippen LogP contribution in [0.15, 0.2) is 115 Å². The number of hydrogen-bond acceptors (Lipinski definition) is 3. The van der Waals surface area contributed by atoms with Crippen LogP contribution < -0.4 is 4.74 Å². The number of carbonyl (C=O) groups excluding carboxylic acids is 2. The molecule has 150 valence electrons. The van der Waals surface area contributed by atoms with E-state index in [9.17, 15) is 9.59 Å². The van der Waals surface area contributed by atoms with E-state index in [0.717, 1.165) is 11.1 Å². The lowest BCUT2D eigenvalue weighted by Gasteiger charge is -2.09. The molecule has 0 heterocycles. The average molecular weight is 404 g/mol. The summed E-state index contributed by atoms with van der Waals surface area (Å²) >= 11 is 0. The van der Waals surface area contributed by atoms with E-state index in [1.54, 1.807) is 36.4 Å². The number of hydrogen-bond donors (Lipinski definition) is 0. The highest BCUT2D eigenvalue weighted by Crippen LogP contribution is 2.22. The van der Waals surface area contributed by atoms with Crippen LogP contribution in [0.4, 0.5) is 0 Å². The van der Waals surface area contributed by atoms with Crippen molar-refractivity contribution in [3.8, 4) is 5.75 Å². The molecule has 0 aliphatic carbocycles. The van der Waals surface area contributed by atoms with E-state index >= 15 is 0 Å². The summed E-state index contributed by atoms with van der Waals surface area (Å²) in [7, 11) is 0. The molecule has 0 fully saturated rings. The fraction of sp³-hybridized carbons (Fsp3) is 0. The van der Waals surface area contributed by atoms with Crippen molar-refractivity contribution < 1.29 is 14.3 Å². The second-order valence-corrected chi connectivity index (χ2v) is 6.94. The Morgan fingerprint density at radius 3 is 1.61 bits per heavy atom. The lowest BCUT2D eigenvalue weighted by molar-refractivity contribution is -0.127. The van der Waals surface area contributed by atoms with E-state index in [1.165, 1.54) is 0 Å². The zero-order valence-electron chi connectivity index (χ0n) is 16.8. The van der Waals surface area contributed by atoms with Crippen molar-refractivity contribution in [2.24, 2.45) is 0 Å². The van der Waals surface area contributed by atoms with E-state index in [4.69, 9.17) is 4.74 Å². The first kappa shape index (κ1) is 20.0. The lowest BCUT2D eigenvalue weighted by atomic mass is 10.0. The van der Waals surface area contributed by atoms with Crippen molar-refractivity contribution in [3.05, 3.63) is 138 Å². The van der Waals surface area contributed by atoms with Gasteiger partial charge in [0.1, 0.15) is 5.75 Å². The minimum Gasteiger partial charge on any atom is -0.423 e. The van der Waals surface area contributed by atoms with Gasteiger partial charge in [-0.25, -0.2) is 4.79 Å². The van der Waals surface area contributed by atoms with Crippen LogP contribution in [0.1, 0.15) is 27.0 Å². The average Bonchev–Trinajstić information content (AvgIpc) is 2.84. The maximum atomic E-state index is 13.0. The number of ether oxygens (including phenoxy) is 1. The van der Waals surface area contributed by atoms with Crippen molar-refractivity contribution in [2.75, 3.05) is 0 Å². The quantitative estimate of drug-likeness (QED) is 0.129. The largest absolute Gasteiger partial charge is 0.423 e. The molecule has 0 aliphatic rings. The Balaban J connectivity index is 1.56. The molecule has 0 atom stereocenters. The molecule has 31 heavy (non-hydrogen) atoms. The molecule has 3 nitrogen and oxygen atoms in total. The molecule has 0 radical (unpaired) electrons. The molecule has 0 aliphatic heterocycles. The van der Waals surface area contributed by atoms with E-state index < -0.39 is 5.97 Å². The van der Waals surface area contributed by atoms with Crippen LogP contribution in [0.2, 0.25) is 0 Å². The molecule has 0 unspecified atom stereocenters. The highest BCUT2D eigenvalue weighted by molar-refractivity contribution is 6.22. The summed E-state index contributed by atoms with van der Waals surface area (Å²) in [5, 5.41) is 0. The van der Waals surface area contributed by atoms with Crippen LogP contribution in [0.25, 0.3) is 11.6 Å². The standard InChI is InChI=1S/C28H20O3/c29-27(23-14-8-3-9-15-23)24-16-18-25(19-17-24)31-28(30)26(22-12-6-2-7-13-22)20-21-10-4-1-5-11-21/h1-20H/b26-20-. The number of esters is 1. The molecule has 3 heteroatoms. The summed E-state index contributed by atoms with van der Waals surface area (Å²) < 4.78 is 5.63. The van der Waals surface area contributed by atoms with Crippen molar-refractivity contribution in [1.29, 1.82) is 0 Å². The van der Waals surface area contributed by atoms with Crippen LogP contribution in [0, 0.1) is 0 Å². The van der Waals surface area contributed by atoms with Crippen LogP contribution in [-0.4, -0.2) is 11.8 Å². The molecule has 0 saturated heterocycles. The Kier molecular flexibility index (Phi) is 6.15. The maximum Gasteiger partial charge on any atom is 0.344 e. The van der Waals surface area contributed by atoms with Crippen molar-refractivity contribution in [3.63, 3.8) is 0 Å². The second kappa shape index (κ2) is 9.51. The second-order valence-electron chi connectivity index (χ2n) is 6.94. The van der Waals surface area contributed by atoms with Gasteiger partial charge in [-0.15, -0.1) is 0 Å². The normalized spacial score (nSPS) is 11.0. The fourth-order valence-electron chi connectivity index (χ4n) is 3.19. The third-order valence-electron chi connectivity index (χ3n) is 4.78. The predicted octanol–water partition coefficient (Wildman–Crippen LogP) is 6.06. The fourth-order valence-corrected chi connectivity index (χ4v) is 3.19. The van der Waals surface area contributed by atoms with Gasteiger partial charge in [-0.2, -0.15) is 0 Å². The summed E-state index contributed by atoms with van der Waals surface area (Å²) in [5.74, 6) is -0.158. The van der Waals surface area contributed by atoms with Crippen LogP contribution in [0.5, 0.6) is 5.75 Å². The lowest BCUT2D eigenvalue weighted by Crippen LogP contribution is -2.11. The number of benzene rings is 4. The molecule has 0 saturated carbocycles. The Morgan fingerprint density at radius 1 is 0.548 bits per heavy atom. The molecule has 0 spiro atoms. The first-order chi connectivity index (χ1) is 15.2. The van der Waals surface area contributed by atoms with E-state index in [1.807, 2.05) is 84.9 Å². The zero-order chi connectivity index (χ0) is 21.5. The third kappa shape index (κ3) is 5.03. The zero-order valence-corrected chi connectivity index (χ0v) is 16.8. The molecule has 4 aromatic rings. The molecular formula is C28H20O3. The molecule has 0 amide bonds. The summed E-state index contributed by atoms with van der Waals surface area (Å²) in [4.78, 5) is 25.6. The molecule has 0 aromatic heterocycles. The smallest absolute Gasteiger partial charge is 0.344 e. The Morgan fingerprint density at radius 2 is 1.03 bits per heavy atom. The summed E-state index contributed by atoms with van der Waals surface area (Å²) in [6, 6.07) is 34.7. The van der Waals surface area contributed by atoms with Crippen LogP contribution in [0.3, 0.4) is 0 Å². The minimum absolute atomic E-state index is 0.0765. The van der Waals surface area contributed by atoms with Crippen molar-refractivity contribution >= 4 is 23.4 Å². The van der Waals surface area contributed by atoms with Gasteiger partial charge in [0.05, 0.1) is 5.57 Å². The van der Waals surface area contributed by atoms with Gasteiger partial charge in [-0.05, 0) is 41.5 Å². The van der Waals surface area contributed by atoms with Gasteiger partial charge in [0.25, 0.3) is 0 Å². The monoisotopic (exact) mass is 404 g/mol. The highest BCUT2D eigenvalue weighted by atomic mass is 16.5. The Hall–Kier alpha value is -4.24. The van der Waals surface area contributed by atoms with Gasteiger partial charge < -0.3 is 4.74 Å². The third-order valence-corrected chi connectivity index (χ3v) is 4.78. The van der Waals surface area contributed by atoms with Gasteiger partial charge in [0, 0.05) is 11.1 Å². The summed E-state index contributed by atoms with van der Waals surface area (Å²) in [5.41, 5.74) is 3.28. The molecule has 4 aromatic carbocycles. The SMILES string of the molecule is O=C(Oc1ccc(C(=O)c2ccccc2)cc1)/C(=C\c1ccccc1)c1ccccc1. The molecule has 4 rings (SSSR count). The minimum atomic E-state index is -0.461. The predicted molar refractivity (Wildman–Crippen MR) is 123 cm³/mol. The van der Waals surface area contributed by atoms with E-state index in [-0.39, 0.29) is 5.78 Å². The number of rotatable bonds is 6. The van der Waals surface area contributed by atoms with Crippen LogP contribution in [-0.2, 0) is 4.79 Å². The maximum absolute atomic E-state index is 13.0. The van der Waals surface area contributed by atoms with E-state index in [2.05, 4.69) is 0 Å². The van der Waals surface area contributed by atoms with Gasteiger partial charge in [0.15, 0.2) is 5.78 Å². The van der Waals surface area contributed by atoms with Gasteiger partial charge in [-0.3, -0.25) is 4.79 Å². The van der Waals surface area contributed by atoms with Crippen molar-refractivity contribution in [2.45, 2.75) is 0 Å². The Bertz CT molecular complexity index is 1190. The topological polar surface area (TPSA) is 43.4 Å². The first-order valence-electron chi connectivity index (χ1n) is 9.95. The molecular weight excluding hydrogens is 384 g/mol. The first-order valence-corrected chi connectivity index (χ1v) is 9.95. The Labute approximate surface area is 181 Å². The van der Waals surface area contributed by atoms with Crippen molar-refractivity contribution in [1.82, 2.24) is 0 Å². The van der Waals surface area contributed by atoms with Gasteiger partial charge >= 0.3 is 5.97 Å². The summed E-state index contributed by atoms with van der Waals surface area (Å²) in [6.45, 7) is 0. The number of ketones is 1. The highest BCUT2D eigenvalue weighted by Gasteiger charge is 2.15. The van der Waals surface area contributed by atoms with E-state index in [0.29, 0.717) is 22.4 Å². The molecule has 0 bridgehead atoms. The number of carbonyl (C=O) groups is 2. The van der Waals surface area contributed by atoms with Gasteiger partial charge in [-0.1, -0.05) is 91.0 Å².